The topological polar surface area (TPSA) is 44.3 Å². The molecule has 0 bridgehead atoms. The molecule has 1 aliphatic rings. The van der Waals surface area contributed by atoms with Crippen LogP contribution in [0, 0.1) is 6.92 Å². The first-order chi connectivity index (χ1) is 8.10. The zero-order valence-electron chi connectivity index (χ0n) is 11.1. The molecule has 0 spiro atoms. The first-order valence-electron chi connectivity index (χ1n) is 6.09. The SMILES string of the molecule is CNc1nc(C)cc(N2CCN(C)C(C)C2)n1. The monoisotopic (exact) mass is 235 g/mol. The van der Waals surface area contributed by atoms with Crippen LogP contribution in [-0.4, -0.2) is 54.6 Å². The van der Waals surface area contributed by atoms with Crippen LogP contribution in [0.1, 0.15) is 12.6 Å². The predicted octanol–water partition coefficient (Wildman–Crippen LogP) is 0.967. The third-order valence-electron chi connectivity index (χ3n) is 3.35. The maximum atomic E-state index is 4.52. The zero-order valence-corrected chi connectivity index (χ0v) is 11.1. The number of anilines is 2. The van der Waals surface area contributed by atoms with E-state index < -0.39 is 0 Å². The maximum absolute atomic E-state index is 4.52. The normalized spacial score (nSPS) is 21.6. The molecule has 0 aromatic carbocycles. The Kier molecular flexibility index (Phi) is 3.47. The third kappa shape index (κ3) is 2.66. The van der Waals surface area contributed by atoms with Crippen molar-refractivity contribution in [1.29, 1.82) is 0 Å². The van der Waals surface area contributed by atoms with Crippen LogP contribution in [0.25, 0.3) is 0 Å². The van der Waals surface area contributed by atoms with Crippen molar-refractivity contribution in [1.82, 2.24) is 14.9 Å². The summed E-state index contributed by atoms with van der Waals surface area (Å²) < 4.78 is 0. The molecule has 0 amide bonds. The van der Waals surface area contributed by atoms with E-state index in [4.69, 9.17) is 0 Å². The molecule has 1 N–H and O–H groups in total. The summed E-state index contributed by atoms with van der Waals surface area (Å²) in [4.78, 5) is 13.6. The zero-order chi connectivity index (χ0) is 12.4. The molecule has 5 heteroatoms. The van der Waals surface area contributed by atoms with Gasteiger partial charge in [0.2, 0.25) is 5.95 Å². The van der Waals surface area contributed by atoms with Gasteiger partial charge in [0.1, 0.15) is 5.82 Å². The van der Waals surface area contributed by atoms with Gasteiger partial charge in [-0.3, -0.25) is 0 Å². The van der Waals surface area contributed by atoms with Crippen molar-refractivity contribution < 1.29 is 0 Å². The average Bonchev–Trinajstić information content (AvgIpc) is 2.32. The van der Waals surface area contributed by atoms with Gasteiger partial charge in [-0.1, -0.05) is 0 Å². The Morgan fingerprint density at radius 2 is 2.12 bits per heavy atom. The number of nitrogens with one attached hydrogen (secondary N) is 1. The van der Waals surface area contributed by atoms with Gasteiger partial charge in [0.05, 0.1) is 0 Å². The van der Waals surface area contributed by atoms with E-state index in [2.05, 4.69) is 45.1 Å². The van der Waals surface area contributed by atoms with Gasteiger partial charge in [-0.2, -0.15) is 4.98 Å². The Labute approximate surface area is 103 Å². The second-order valence-electron chi connectivity index (χ2n) is 4.72. The predicted molar refractivity (Wildman–Crippen MR) is 70.6 cm³/mol. The van der Waals surface area contributed by atoms with E-state index in [1.807, 2.05) is 14.0 Å². The lowest BCUT2D eigenvalue weighted by atomic mass is 10.2. The molecule has 0 radical (unpaired) electrons. The fraction of sp³-hybridized carbons (Fsp3) is 0.667. The minimum atomic E-state index is 0.567. The van der Waals surface area contributed by atoms with Crippen molar-refractivity contribution in [3.63, 3.8) is 0 Å². The summed E-state index contributed by atoms with van der Waals surface area (Å²) in [7, 11) is 4.03. The van der Waals surface area contributed by atoms with Crippen molar-refractivity contribution in [2.24, 2.45) is 0 Å². The van der Waals surface area contributed by atoms with Crippen LogP contribution in [0.2, 0.25) is 0 Å². The van der Waals surface area contributed by atoms with Gasteiger partial charge in [0, 0.05) is 44.5 Å². The first-order valence-corrected chi connectivity index (χ1v) is 6.09. The minimum Gasteiger partial charge on any atom is -0.357 e. The average molecular weight is 235 g/mol. The molecule has 1 atom stereocenters. The molecule has 1 aromatic heterocycles. The van der Waals surface area contributed by atoms with Gasteiger partial charge in [-0.25, -0.2) is 4.98 Å². The van der Waals surface area contributed by atoms with E-state index in [1.165, 1.54) is 0 Å². The summed E-state index contributed by atoms with van der Waals surface area (Å²) in [6.45, 7) is 7.39. The fourth-order valence-corrected chi connectivity index (χ4v) is 2.08. The summed E-state index contributed by atoms with van der Waals surface area (Å²) in [6, 6.07) is 2.62. The Hall–Kier alpha value is -1.36. The van der Waals surface area contributed by atoms with Crippen molar-refractivity contribution in [3.05, 3.63) is 11.8 Å². The van der Waals surface area contributed by atoms with Crippen LogP contribution in [0.15, 0.2) is 6.07 Å². The number of hydrogen-bond acceptors (Lipinski definition) is 5. The molecule has 1 aliphatic heterocycles. The summed E-state index contributed by atoms with van der Waals surface area (Å²) in [5.41, 5.74) is 1.01. The summed E-state index contributed by atoms with van der Waals surface area (Å²) in [5, 5.41) is 3.01. The van der Waals surface area contributed by atoms with Crippen molar-refractivity contribution in [2.75, 3.05) is 43.9 Å². The summed E-state index contributed by atoms with van der Waals surface area (Å²) in [6.07, 6.45) is 0. The molecule has 0 aliphatic carbocycles. The van der Waals surface area contributed by atoms with Crippen LogP contribution in [0.4, 0.5) is 11.8 Å². The van der Waals surface area contributed by atoms with Gasteiger partial charge >= 0.3 is 0 Å². The lowest BCUT2D eigenvalue weighted by molar-refractivity contribution is 0.233. The minimum absolute atomic E-state index is 0.567. The van der Waals surface area contributed by atoms with E-state index in [1.54, 1.807) is 0 Å². The van der Waals surface area contributed by atoms with E-state index in [0.717, 1.165) is 31.1 Å². The van der Waals surface area contributed by atoms with Crippen molar-refractivity contribution in [3.8, 4) is 0 Å². The van der Waals surface area contributed by atoms with Crippen LogP contribution in [0.3, 0.4) is 0 Å². The molecule has 2 heterocycles. The highest BCUT2D eigenvalue weighted by Crippen LogP contribution is 2.18. The first kappa shape index (κ1) is 12.1. The smallest absolute Gasteiger partial charge is 0.224 e. The standard InChI is InChI=1S/C12H21N5/c1-9-7-11(15-12(13-3)14-9)17-6-5-16(4)10(2)8-17/h7,10H,5-6,8H2,1-4H3,(H,13,14,15). The van der Waals surface area contributed by atoms with E-state index >= 15 is 0 Å². The van der Waals surface area contributed by atoms with Gasteiger partial charge in [-0.05, 0) is 20.9 Å². The van der Waals surface area contributed by atoms with Crippen LogP contribution in [0.5, 0.6) is 0 Å². The maximum Gasteiger partial charge on any atom is 0.224 e. The fourth-order valence-electron chi connectivity index (χ4n) is 2.08. The largest absolute Gasteiger partial charge is 0.357 e. The number of aryl methyl sites for hydroxylation is 1. The molecule has 1 saturated heterocycles. The highest BCUT2D eigenvalue weighted by atomic mass is 15.3. The van der Waals surface area contributed by atoms with Gasteiger partial charge < -0.3 is 15.1 Å². The quantitative estimate of drug-likeness (QED) is 0.827. The molecule has 1 aromatic rings. The van der Waals surface area contributed by atoms with Crippen LogP contribution in [-0.2, 0) is 0 Å². The second kappa shape index (κ2) is 4.87. The molecule has 0 saturated carbocycles. The van der Waals surface area contributed by atoms with Gasteiger partial charge in [0.15, 0.2) is 0 Å². The molecule has 1 unspecified atom stereocenters. The molecule has 17 heavy (non-hydrogen) atoms. The Morgan fingerprint density at radius 3 is 2.76 bits per heavy atom. The Morgan fingerprint density at radius 1 is 1.35 bits per heavy atom. The summed E-state index contributed by atoms with van der Waals surface area (Å²) in [5.74, 6) is 1.73. The second-order valence-corrected chi connectivity index (χ2v) is 4.72. The van der Waals surface area contributed by atoms with Crippen molar-refractivity contribution in [2.45, 2.75) is 19.9 Å². The van der Waals surface area contributed by atoms with Crippen LogP contribution < -0.4 is 10.2 Å². The molecule has 1 fully saturated rings. The molecule has 5 nitrogen and oxygen atoms in total. The Balaban J connectivity index is 2.19. The van der Waals surface area contributed by atoms with Gasteiger partial charge in [0.25, 0.3) is 0 Å². The number of likely N-dealkylation sites (N-methyl/N-ethyl adjacent to an activating group) is 1. The number of rotatable bonds is 2. The van der Waals surface area contributed by atoms with E-state index in [0.29, 0.717) is 12.0 Å². The lowest BCUT2D eigenvalue weighted by Crippen LogP contribution is -2.50. The van der Waals surface area contributed by atoms with E-state index in [-0.39, 0.29) is 0 Å². The van der Waals surface area contributed by atoms with Gasteiger partial charge in [-0.15, -0.1) is 0 Å². The molecular formula is C12H21N5. The molecule has 94 valence electrons. The lowest BCUT2D eigenvalue weighted by Gasteiger charge is -2.38. The number of piperazine rings is 1. The summed E-state index contributed by atoms with van der Waals surface area (Å²) >= 11 is 0. The van der Waals surface area contributed by atoms with E-state index in [9.17, 15) is 0 Å². The number of aromatic nitrogens is 2. The van der Waals surface area contributed by atoms with Crippen molar-refractivity contribution >= 4 is 11.8 Å². The Bertz CT molecular complexity index is 392. The highest BCUT2D eigenvalue weighted by molar-refractivity contribution is 5.45. The number of hydrogen-bond donors (Lipinski definition) is 1. The third-order valence-corrected chi connectivity index (χ3v) is 3.35. The number of nitrogens with zero attached hydrogens (tertiary/aromatic N) is 4. The molecular weight excluding hydrogens is 214 g/mol. The molecule has 2 rings (SSSR count). The van der Waals surface area contributed by atoms with Crippen LogP contribution >= 0.6 is 0 Å². The highest BCUT2D eigenvalue weighted by Gasteiger charge is 2.22.